The Labute approximate surface area is 223 Å². The van der Waals surface area contributed by atoms with Crippen molar-refractivity contribution in [3.8, 4) is 0 Å². The number of hydrogen-bond acceptors (Lipinski definition) is 6. The molecule has 0 aliphatic carbocycles. The van der Waals surface area contributed by atoms with Crippen LogP contribution in [0.4, 0.5) is 5.82 Å². The summed E-state index contributed by atoms with van der Waals surface area (Å²) >= 11 is 12.6. The van der Waals surface area contributed by atoms with Crippen LogP contribution in [0, 0.1) is 6.92 Å². The Morgan fingerprint density at radius 2 is 1.89 bits per heavy atom. The highest BCUT2D eigenvalue weighted by molar-refractivity contribution is 6.35. The molecule has 2 aliphatic rings. The van der Waals surface area contributed by atoms with Crippen molar-refractivity contribution in [3.05, 3.63) is 45.7 Å². The van der Waals surface area contributed by atoms with Crippen LogP contribution in [0.5, 0.6) is 0 Å². The molecule has 2 saturated heterocycles. The number of halogens is 2. The predicted octanol–water partition coefficient (Wildman–Crippen LogP) is 4.87. The molecular weight excluding hydrogens is 497 g/mol. The Bertz CT molecular complexity index is 1200. The number of hydrogen-bond donors (Lipinski definition) is 1. The van der Waals surface area contributed by atoms with E-state index >= 15 is 0 Å². The van der Waals surface area contributed by atoms with Crippen LogP contribution in [-0.4, -0.2) is 69.3 Å². The predicted molar refractivity (Wildman–Crippen MR) is 146 cm³/mol. The van der Waals surface area contributed by atoms with Gasteiger partial charge in [0.05, 0.1) is 24.0 Å². The van der Waals surface area contributed by atoms with Crippen molar-refractivity contribution in [2.75, 3.05) is 37.6 Å². The summed E-state index contributed by atoms with van der Waals surface area (Å²) < 4.78 is 1.88. The van der Waals surface area contributed by atoms with Crippen molar-refractivity contribution < 1.29 is 4.79 Å². The van der Waals surface area contributed by atoms with Gasteiger partial charge in [0.1, 0.15) is 11.3 Å². The molecule has 0 spiro atoms. The number of anilines is 1. The van der Waals surface area contributed by atoms with Crippen LogP contribution < -0.4 is 10.2 Å². The molecule has 0 bridgehead atoms. The van der Waals surface area contributed by atoms with Crippen LogP contribution in [0.3, 0.4) is 0 Å². The van der Waals surface area contributed by atoms with Crippen molar-refractivity contribution in [2.24, 2.45) is 0 Å². The molecule has 2 fully saturated rings. The summed E-state index contributed by atoms with van der Waals surface area (Å²) in [5.41, 5.74) is 3.24. The number of benzene rings is 1. The molecule has 3 aromatic rings. The lowest BCUT2D eigenvalue weighted by atomic mass is 10.0. The van der Waals surface area contributed by atoms with E-state index in [4.69, 9.17) is 33.3 Å². The second-order valence-electron chi connectivity index (χ2n) is 9.09. The third-order valence-corrected chi connectivity index (χ3v) is 7.42. The second-order valence-corrected chi connectivity index (χ2v) is 9.93. The molecular formula is C26H35Cl2N7O. The van der Waals surface area contributed by atoms with Crippen LogP contribution in [0.25, 0.3) is 11.2 Å². The standard InChI is InChI=1S/C24H29Cl2N7O.C2H6/c1-15-22-23(33(30-15)16(2)18-7-6-17(25)13-19(18)26)29-21(14-28-22)31-9-11-32(12-10-31)24(34)20-5-3-4-8-27-20;1-2/h6-7,13-14,16,20,27H,3-5,8-12H2,1-2H3;1-2H3. The summed E-state index contributed by atoms with van der Waals surface area (Å²) in [5, 5.41) is 9.28. The molecule has 0 radical (unpaired) electrons. The summed E-state index contributed by atoms with van der Waals surface area (Å²) in [4.78, 5) is 26.7. The lowest BCUT2D eigenvalue weighted by molar-refractivity contribution is -0.134. The van der Waals surface area contributed by atoms with E-state index in [2.05, 4.69) is 15.2 Å². The fourth-order valence-electron chi connectivity index (χ4n) is 4.87. The van der Waals surface area contributed by atoms with Gasteiger partial charge in [0.15, 0.2) is 5.65 Å². The lowest BCUT2D eigenvalue weighted by Crippen LogP contribution is -2.55. The largest absolute Gasteiger partial charge is 0.352 e. The van der Waals surface area contributed by atoms with Crippen molar-refractivity contribution in [1.82, 2.24) is 30.0 Å². The van der Waals surface area contributed by atoms with Gasteiger partial charge in [-0.05, 0) is 50.9 Å². The molecule has 2 unspecified atom stereocenters. The number of carbonyl (C=O) groups excluding carboxylic acids is 1. The first kappa shape index (κ1) is 26.6. The summed E-state index contributed by atoms with van der Waals surface area (Å²) in [6.45, 7) is 11.7. The zero-order valence-electron chi connectivity index (χ0n) is 21.5. The third-order valence-electron chi connectivity index (χ3n) is 6.86. The van der Waals surface area contributed by atoms with Gasteiger partial charge in [-0.25, -0.2) is 14.6 Å². The molecule has 36 heavy (non-hydrogen) atoms. The topological polar surface area (TPSA) is 79.2 Å². The Kier molecular flexibility index (Phi) is 8.70. The monoisotopic (exact) mass is 531 g/mol. The van der Waals surface area contributed by atoms with E-state index in [1.807, 2.05) is 55.6 Å². The zero-order valence-corrected chi connectivity index (χ0v) is 23.0. The number of rotatable bonds is 4. The Morgan fingerprint density at radius 1 is 1.14 bits per heavy atom. The maximum absolute atomic E-state index is 12.9. The van der Waals surface area contributed by atoms with Crippen LogP contribution in [0.1, 0.15) is 57.3 Å². The Balaban J connectivity index is 0.00000148. The highest BCUT2D eigenvalue weighted by atomic mass is 35.5. The normalized spacial score (nSPS) is 19.1. The van der Waals surface area contributed by atoms with Gasteiger partial charge >= 0.3 is 0 Å². The van der Waals surface area contributed by atoms with Crippen LogP contribution in [0.15, 0.2) is 24.4 Å². The molecule has 10 heteroatoms. The number of piperidine rings is 1. The zero-order chi connectivity index (χ0) is 25.8. The van der Waals surface area contributed by atoms with Gasteiger partial charge in [-0.15, -0.1) is 0 Å². The SMILES string of the molecule is CC.Cc1nn(C(C)c2ccc(Cl)cc2Cl)c2nc(N3CCN(C(=O)C4CCCCN4)CC3)cnc12. The van der Waals surface area contributed by atoms with E-state index in [-0.39, 0.29) is 18.0 Å². The average Bonchev–Trinajstić information content (AvgIpc) is 3.25. The molecule has 194 valence electrons. The fraction of sp³-hybridized carbons (Fsp3) is 0.538. The third kappa shape index (κ3) is 5.45. The maximum Gasteiger partial charge on any atom is 0.239 e. The number of aryl methyl sites for hydroxylation is 1. The number of carbonyl (C=O) groups is 1. The van der Waals surface area contributed by atoms with Crippen molar-refractivity contribution in [3.63, 3.8) is 0 Å². The van der Waals surface area contributed by atoms with Gasteiger partial charge in [-0.3, -0.25) is 4.79 Å². The van der Waals surface area contributed by atoms with Crippen molar-refractivity contribution in [2.45, 2.75) is 59.0 Å². The number of aromatic nitrogens is 4. The van der Waals surface area contributed by atoms with E-state index in [1.165, 1.54) is 0 Å². The number of piperazine rings is 1. The Morgan fingerprint density at radius 3 is 2.56 bits per heavy atom. The first-order valence-electron chi connectivity index (χ1n) is 12.9. The first-order chi connectivity index (χ1) is 17.4. The summed E-state index contributed by atoms with van der Waals surface area (Å²) in [7, 11) is 0. The highest BCUT2D eigenvalue weighted by Crippen LogP contribution is 2.31. The molecule has 1 N–H and O–H groups in total. The van der Waals surface area contributed by atoms with Crippen LogP contribution in [0.2, 0.25) is 10.0 Å². The summed E-state index contributed by atoms with van der Waals surface area (Å²) in [6, 6.07) is 5.33. The lowest BCUT2D eigenvalue weighted by Gasteiger charge is -2.37. The number of nitrogens with zero attached hydrogens (tertiary/aromatic N) is 6. The molecule has 1 aromatic carbocycles. The minimum atomic E-state index is -0.136. The van der Waals surface area contributed by atoms with Crippen LogP contribution >= 0.6 is 23.2 Å². The summed E-state index contributed by atoms with van der Waals surface area (Å²) in [5.74, 6) is 1.02. The number of fused-ring (bicyclic) bond motifs is 1. The van der Waals surface area contributed by atoms with Crippen LogP contribution in [-0.2, 0) is 4.79 Å². The number of amides is 1. The van der Waals surface area contributed by atoms with Gasteiger partial charge in [-0.1, -0.05) is 49.5 Å². The minimum Gasteiger partial charge on any atom is -0.352 e. The van der Waals surface area contributed by atoms with E-state index in [1.54, 1.807) is 6.07 Å². The van der Waals surface area contributed by atoms with Gasteiger partial charge in [-0.2, -0.15) is 5.10 Å². The maximum atomic E-state index is 12.9. The minimum absolute atomic E-state index is 0.0325. The van der Waals surface area contributed by atoms with Gasteiger partial charge in [0.25, 0.3) is 0 Å². The van der Waals surface area contributed by atoms with Gasteiger partial charge in [0.2, 0.25) is 5.91 Å². The van der Waals surface area contributed by atoms with Gasteiger partial charge in [0, 0.05) is 36.2 Å². The van der Waals surface area contributed by atoms with Crippen molar-refractivity contribution >= 4 is 46.1 Å². The smallest absolute Gasteiger partial charge is 0.239 e. The second kappa shape index (κ2) is 11.8. The van der Waals surface area contributed by atoms with E-state index in [0.29, 0.717) is 23.1 Å². The quantitative estimate of drug-likeness (QED) is 0.517. The number of nitrogens with one attached hydrogen (secondary N) is 1. The molecule has 2 atom stereocenters. The summed E-state index contributed by atoms with van der Waals surface area (Å²) in [6.07, 6.45) is 5.01. The molecule has 1 amide bonds. The highest BCUT2D eigenvalue weighted by Gasteiger charge is 2.29. The molecule has 0 saturated carbocycles. The fourth-order valence-corrected chi connectivity index (χ4v) is 5.44. The molecule has 5 rings (SSSR count). The molecule has 4 heterocycles. The molecule has 2 aliphatic heterocycles. The van der Waals surface area contributed by atoms with Crippen molar-refractivity contribution in [1.29, 1.82) is 0 Å². The molecule has 8 nitrogen and oxygen atoms in total. The molecule has 2 aromatic heterocycles. The van der Waals surface area contributed by atoms with E-state index < -0.39 is 0 Å². The van der Waals surface area contributed by atoms with Gasteiger partial charge < -0.3 is 15.1 Å². The Hall–Kier alpha value is -2.42. The average molecular weight is 533 g/mol. The first-order valence-corrected chi connectivity index (χ1v) is 13.6. The van der Waals surface area contributed by atoms with E-state index in [9.17, 15) is 4.79 Å². The van der Waals surface area contributed by atoms with E-state index in [0.717, 1.165) is 67.1 Å².